The SMILES string of the molecule is O=C(NCC[C@@H](CCO)c1ccsc1)c1ccc(Br)o1. The number of aliphatic hydroxyl groups is 1. The lowest BCUT2D eigenvalue weighted by atomic mass is 9.95. The first kappa shape index (κ1) is 15.3. The summed E-state index contributed by atoms with van der Waals surface area (Å²) in [5.41, 5.74) is 1.22. The molecule has 0 bridgehead atoms. The monoisotopic (exact) mass is 357 g/mol. The Morgan fingerprint density at radius 1 is 1.40 bits per heavy atom. The third kappa shape index (κ3) is 4.19. The van der Waals surface area contributed by atoms with Gasteiger partial charge in [-0.25, -0.2) is 0 Å². The summed E-state index contributed by atoms with van der Waals surface area (Å²) in [7, 11) is 0. The summed E-state index contributed by atoms with van der Waals surface area (Å²) < 4.78 is 5.73. The molecule has 0 spiro atoms. The predicted molar refractivity (Wildman–Crippen MR) is 82.1 cm³/mol. The number of carbonyl (C=O) groups excluding carboxylic acids is 1. The number of hydrogen-bond acceptors (Lipinski definition) is 4. The molecule has 108 valence electrons. The summed E-state index contributed by atoms with van der Waals surface area (Å²) in [6.07, 6.45) is 1.50. The van der Waals surface area contributed by atoms with Crippen LogP contribution in [-0.2, 0) is 0 Å². The zero-order valence-corrected chi connectivity index (χ0v) is 13.2. The minimum Gasteiger partial charge on any atom is -0.444 e. The van der Waals surface area contributed by atoms with E-state index >= 15 is 0 Å². The zero-order valence-electron chi connectivity index (χ0n) is 10.8. The Labute approximate surface area is 129 Å². The first-order valence-corrected chi connectivity index (χ1v) is 8.10. The topological polar surface area (TPSA) is 62.5 Å². The highest BCUT2D eigenvalue weighted by molar-refractivity contribution is 9.10. The number of rotatable bonds is 7. The number of aliphatic hydroxyl groups excluding tert-OH is 1. The van der Waals surface area contributed by atoms with Crippen molar-refractivity contribution >= 4 is 33.2 Å². The molecular weight excluding hydrogens is 342 g/mol. The van der Waals surface area contributed by atoms with Crippen LogP contribution < -0.4 is 5.32 Å². The molecule has 0 radical (unpaired) electrons. The number of nitrogens with one attached hydrogen (secondary N) is 1. The largest absolute Gasteiger partial charge is 0.444 e. The van der Waals surface area contributed by atoms with Gasteiger partial charge in [0.15, 0.2) is 10.4 Å². The molecule has 2 aromatic rings. The molecule has 4 nitrogen and oxygen atoms in total. The van der Waals surface area contributed by atoms with Gasteiger partial charge >= 0.3 is 0 Å². The van der Waals surface area contributed by atoms with E-state index in [1.165, 1.54) is 5.56 Å². The maximum atomic E-state index is 11.8. The molecule has 0 aliphatic rings. The highest BCUT2D eigenvalue weighted by atomic mass is 79.9. The van der Waals surface area contributed by atoms with Crippen molar-refractivity contribution in [3.63, 3.8) is 0 Å². The molecule has 0 fully saturated rings. The molecule has 2 aromatic heterocycles. The van der Waals surface area contributed by atoms with Crippen molar-refractivity contribution in [3.05, 3.63) is 45.0 Å². The van der Waals surface area contributed by atoms with E-state index in [-0.39, 0.29) is 18.4 Å². The lowest BCUT2D eigenvalue weighted by Gasteiger charge is -2.14. The van der Waals surface area contributed by atoms with Crippen molar-refractivity contribution in [1.29, 1.82) is 0 Å². The van der Waals surface area contributed by atoms with Gasteiger partial charge in [-0.2, -0.15) is 11.3 Å². The van der Waals surface area contributed by atoms with E-state index in [0.717, 1.165) is 6.42 Å². The van der Waals surface area contributed by atoms with Crippen LogP contribution in [0, 0.1) is 0 Å². The van der Waals surface area contributed by atoms with E-state index in [0.29, 0.717) is 23.4 Å². The summed E-state index contributed by atoms with van der Waals surface area (Å²) in [4.78, 5) is 11.8. The number of halogens is 1. The Hall–Kier alpha value is -1.11. The van der Waals surface area contributed by atoms with Crippen LogP contribution in [0.1, 0.15) is 34.9 Å². The lowest BCUT2D eigenvalue weighted by Crippen LogP contribution is -2.25. The Kier molecular flexibility index (Phi) is 5.82. The third-order valence-corrected chi connectivity index (χ3v) is 4.20. The quantitative estimate of drug-likeness (QED) is 0.798. The molecule has 0 aliphatic carbocycles. The predicted octanol–water partition coefficient (Wildman–Crippen LogP) is 3.39. The van der Waals surface area contributed by atoms with Crippen LogP contribution >= 0.6 is 27.3 Å². The van der Waals surface area contributed by atoms with Crippen molar-refractivity contribution in [2.45, 2.75) is 18.8 Å². The van der Waals surface area contributed by atoms with Crippen molar-refractivity contribution < 1.29 is 14.3 Å². The maximum absolute atomic E-state index is 11.8. The molecule has 1 amide bonds. The highest BCUT2D eigenvalue weighted by Gasteiger charge is 2.14. The molecule has 20 heavy (non-hydrogen) atoms. The lowest BCUT2D eigenvalue weighted by molar-refractivity contribution is 0.0923. The van der Waals surface area contributed by atoms with Crippen molar-refractivity contribution in [3.8, 4) is 0 Å². The molecule has 0 unspecified atom stereocenters. The Morgan fingerprint density at radius 2 is 2.25 bits per heavy atom. The van der Waals surface area contributed by atoms with Crippen molar-refractivity contribution in [1.82, 2.24) is 5.32 Å². The van der Waals surface area contributed by atoms with E-state index in [4.69, 9.17) is 9.52 Å². The van der Waals surface area contributed by atoms with E-state index in [1.807, 2.05) is 5.38 Å². The first-order valence-electron chi connectivity index (χ1n) is 6.37. The van der Waals surface area contributed by atoms with Gasteiger partial charge in [-0.1, -0.05) is 0 Å². The summed E-state index contributed by atoms with van der Waals surface area (Å²) in [6.45, 7) is 0.706. The third-order valence-electron chi connectivity index (χ3n) is 3.07. The van der Waals surface area contributed by atoms with E-state index in [1.54, 1.807) is 23.5 Å². The number of furan rings is 1. The van der Waals surface area contributed by atoms with Gasteiger partial charge in [0.25, 0.3) is 5.91 Å². The van der Waals surface area contributed by atoms with E-state index in [2.05, 4.69) is 32.7 Å². The minimum atomic E-state index is -0.219. The molecule has 2 rings (SSSR count). The maximum Gasteiger partial charge on any atom is 0.287 e. The second kappa shape index (κ2) is 7.61. The van der Waals surface area contributed by atoms with Gasteiger partial charge in [-0.15, -0.1) is 0 Å². The van der Waals surface area contributed by atoms with Crippen LogP contribution in [-0.4, -0.2) is 24.2 Å². The van der Waals surface area contributed by atoms with Gasteiger partial charge in [0.1, 0.15) is 0 Å². The first-order chi connectivity index (χ1) is 9.70. The van der Waals surface area contributed by atoms with E-state index in [9.17, 15) is 4.79 Å². The molecule has 2 heterocycles. The summed E-state index contributed by atoms with van der Waals surface area (Å²) in [5, 5.41) is 16.1. The molecule has 2 N–H and O–H groups in total. The van der Waals surface area contributed by atoms with Gasteiger partial charge in [0.05, 0.1) is 0 Å². The fraction of sp³-hybridized carbons (Fsp3) is 0.357. The Balaban J connectivity index is 1.83. The number of thiophene rings is 1. The van der Waals surface area contributed by atoms with E-state index < -0.39 is 0 Å². The van der Waals surface area contributed by atoms with Crippen LogP contribution in [0.25, 0.3) is 0 Å². The van der Waals surface area contributed by atoms with Crippen molar-refractivity contribution in [2.75, 3.05) is 13.2 Å². The normalized spacial score (nSPS) is 12.3. The summed E-state index contributed by atoms with van der Waals surface area (Å²) >= 11 is 4.81. The highest BCUT2D eigenvalue weighted by Crippen LogP contribution is 2.24. The van der Waals surface area contributed by atoms with Crippen LogP contribution in [0.15, 0.2) is 38.0 Å². The van der Waals surface area contributed by atoms with Crippen LogP contribution in [0.3, 0.4) is 0 Å². The van der Waals surface area contributed by atoms with Gasteiger partial charge in [-0.3, -0.25) is 4.79 Å². The molecule has 6 heteroatoms. The minimum absolute atomic E-state index is 0.152. The van der Waals surface area contributed by atoms with Crippen LogP contribution in [0.4, 0.5) is 0 Å². The zero-order chi connectivity index (χ0) is 14.4. The Morgan fingerprint density at radius 3 is 2.85 bits per heavy atom. The molecule has 0 aliphatic heterocycles. The number of hydrogen-bond donors (Lipinski definition) is 2. The fourth-order valence-corrected chi connectivity index (χ4v) is 3.07. The summed E-state index contributed by atoms with van der Waals surface area (Å²) in [6, 6.07) is 5.38. The Bertz CT molecular complexity index is 538. The smallest absolute Gasteiger partial charge is 0.287 e. The average Bonchev–Trinajstić information content (AvgIpc) is 3.08. The van der Waals surface area contributed by atoms with Crippen LogP contribution in [0.2, 0.25) is 0 Å². The number of amides is 1. The summed E-state index contributed by atoms with van der Waals surface area (Å²) in [5.74, 6) is 0.352. The van der Waals surface area contributed by atoms with Gasteiger partial charge in [0, 0.05) is 13.2 Å². The van der Waals surface area contributed by atoms with Gasteiger partial charge < -0.3 is 14.8 Å². The van der Waals surface area contributed by atoms with Crippen molar-refractivity contribution in [2.24, 2.45) is 0 Å². The molecule has 0 aromatic carbocycles. The number of carbonyl (C=O) groups is 1. The molecule has 1 atom stereocenters. The molecular formula is C14H16BrNO3S. The second-order valence-electron chi connectivity index (χ2n) is 4.41. The second-order valence-corrected chi connectivity index (χ2v) is 5.98. The van der Waals surface area contributed by atoms with Gasteiger partial charge in [-0.05, 0) is 69.2 Å². The van der Waals surface area contributed by atoms with Gasteiger partial charge in [0.2, 0.25) is 0 Å². The standard InChI is InChI=1S/C14H16BrNO3S/c15-13-2-1-12(19-13)14(18)16-6-3-10(4-7-17)11-5-8-20-9-11/h1-2,5,8-10,17H,3-4,6-7H2,(H,16,18)/t10-/m0/s1. The molecule has 0 saturated heterocycles. The van der Waals surface area contributed by atoms with Crippen LogP contribution in [0.5, 0.6) is 0 Å². The molecule has 0 saturated carbocycles. The average molecular weight is 358 g/mol. The fourth-order valence-electron chi connectivity index (χ4n) is 2.02.